The number of nitrogens with one attached hydrogen (secondary N) is 2. The van der Waals surface area contributed by atoms with Crippen LogP contribution in [-0.4, -0.2) is 8.42 Å². The van der Waals surface area contributed by atoms with Crippen LogP contribution < -0.4 is 5.22 Å². The first-order chi connectivity index (χ1) is 6.06. The summed E-state index contributed by atoms with van der Waals surface area (Å²) in [7, 11) is -3.87. The van der Waals surface area contributed by atoms with Crippen molar-refractivity contribution >= 4 is 10.0 Å². The Hall–Kier alpha value is -1.50. The van der Waals surface area contributed by atoms with Gasteiger partial charge in [-0.25, -0.2) is 18.7 Å². The zero-order valence-corrected chi connectivity index (χ0v) is 7.18. The van der Waals surface area contributed by atoms with Gasteiger partial charge in [-0.2, -0.15) is 5.22 Å². The zero-order chi connectivity index (χ0) is 9.90. The van der Waals surface area contributed by atoms with Crippen LogP contribution in [0.4, 0.5) is 4.39 Å². The van der Waals surface area contributed by atoms with Gasteiger partial charge < -0.3 is 0 Å². The summed E-state index contributed by atoms with van der Waals surface area (Å²) in [5, 5.41) is 1.41. The molecule has 1 aromatic rings. The highest BCUT2D eigenvalue weighted by Crippen LogP contribution is 2.10. The van der Waals surface area contributed by atoms with Gasteiger partial charge in [-0.3, -0.25) is 0 Å². The molecule has 7 heteroatoms. The maximum atomic E-state index is 12.4. The number of hydrogen-bond acceptors (Lipinski definition) is 2. The number of nitrogens with zero attached hydrogens (tertiary/aromatic N) is 1. The third kappa shape index (κ3) is 2.22. The molecule has 0 amide bonds. The molecule has 5 nitrogen and oxygen atoms in total. The molecule has 0 bridgehead atoms. The Bertz CT molecular complexity index is 412. The van der Waals surface area contributed by atoms with Crippen LogP contribution in [0.3, 0.4) is 0 Å². The van der Waals surface area contributed by atoms with E-state index in [1.54, 1.807) is 0 Å². The van der Waals surface area contributed by atoms with Crippen LogP contribution in [0.15, 0.2) is 33.7 Å². The molecule has 0 radical (unpaired) electrons. The fraction of sp³-hybridized carbons (Fsp3) is 0. The van der Waals surface area contributed by atoms with E-state index in [4.69, 9.17) is 5.84 Å². The number of sulfonamides is 1. The second-order valence-electron chi connectivity index (χ2n) is 2.13. The Morgan fingerprint density at radius 3 is 2.31 bits per heavy atom. The van der Waals surface area contributed by atoms with Crippen molar-refractivity contribution in [1.29, 1.82) is 0 Å². The molecule has 2 N–H and O–H groups in total. The van der Waals surface area contributed by atoms with Crippen LogP contribution in [0.25, 0.3) is 5.84 Å². The molecule has 0 aliphatic rings. The van der Waals surface area contributed by atoms with Crippen molar-refractivity contribution in [2.75, 3.05) is 0 Å². The summed E-state index contributed by atoms with van der Waals surface area (Å²) in [6, 6.07) is 4.16. The minimum absolute atomic E-state index is 0.159. The van der Waals surface area contributed by atoms with E-state index in [9.17, 15) is 12.8 Å². The molecule has 70 valence electrons. The Labute approximate surface area is 74.1 Å². The maximum absolute atomic E-state index is 12.4. The van der Waals surface area contributed by atoms with E-state index >= 15 is 0 Å². The van der Waals surface area contributed by atoms with Gasteiger partial charge in [0.05, 0.1) is 4.90 Å². The summed E-state index contributed by atoms with van der Waals surface area (Å²) in [5.41, 5.74) is 0. The fourth-order valence-corrected chi connectivity index (χ4v) is 1.42. The van der Waals surface area contributed by atoms with Crippen molar-refractivity contribution in [3.05, 3.63) is 35.9 Å². The summed E-state index contributed by atoms with van der Waals surface area (Å²) >= 11 is 0. The second kappa shape index (κ2) is 3.48. The van der Waals surface area contributed by atoms with Gasteiger partial charge in [-0.1, -0.05) is 4.52 Å². The molecule has 0 spiro atoms. The van der Waals surface area contributed by atoms with Crippen LogP contribution in [0, 0.1) is 5.82 Å². The van der Waals surface area contributed by atoms with Crippen LogP contribution in [-0.2, 0) is 10.0 Å². The van der Waals surface area contributed by atoms with Crippen molar-refractivity contribution in [2.24, 2.45) is 4.52 Å². The number of halogens is 1. The Morgan fingerprint density at radius 2 is 1.85 bits per heavy atom. The van der Waals surface area contributed by atoms with Crippen LogP contribution in [0.5, 0.6) is 0 Å². The monoisotopic (exact) mass is 203 g/mol. The second-order valence-corrected chi connectivity index (χ2v) is 3.74. The summed E-state index contributed by atoms with van der Waals surface area (Å²) in [6.07, 6.45) is 0. The number of benzene rings is 1. The van der Waals surface area contributed by atoms with Gasteiger partial charge in [0.25, 0.3) is 0 Å². The molecule has 0 unspecified atom stereocenters. The highest BCUT2D eigenvalue weighted by molar-refractivity contribution is 7.89. The van der Waals surface area contributed by atoms with E-state index in [1.807, 2.05) is 0 Å². The highest BCUT2D eigenvalue weighted by Gasteiger charge is 2.08. The molecule has 0 saturated heterocycles. The van der Waals surface area contributed by atoms with Gasteiger partial charge in [0.1, 0.15) is 5.82 Å². The molecule has 0 atom stereocenters. The topological polar surface area (TPSA) is 84.3 Å². The highest BCUT2D eigenvalue weighted by atomic mass is 32.2. The first-order valence-electron chi connectivity index (χ1n) is 3.20. The molecular formula is C6H6FN3O2S. The minimum atomic E-state index is -3.87. The van der Waals surface area contributed by atoms with Crippen molar-refractivity contribution in [2.45, 2.75) is 4.90 Å². The summed E-state index contributed by atoms with van der Waals surface area (Å²) < 4.78 is 37.3. The summed E-state index contributed by atoms with van der Waals surface area (Å²) in [6.45, 7) is 0. The lowest BCUT2D eigenvalue weighted by atomic mass is 10.4. The predicted molar refractivity (Wildman–Crippen MR) is 41.3 cm³/mol. The smallest absolute Gasteiger partial charge is 0.236 e. The van der Waals surface area contributed by atoms with E-state index in [0.717, 1.165) is 24.3 Å². The third-order valence-corrected chi connectivity index (χ3v) is 2.48. The van der Waals surface area contributed by atoms with Gasteiger partial charge in [0.15, 0.2) is 0 Å². The number of hydrogen-bond donors (Lipinski definition) is 1. The van der Waals surface area contributed by atoms with E-state index in [0.29, 0.717) is 0 Å². The fourth-order valence-electron chi connectivity index (χ4n) is 0.719. The lowest BCUT2D eigenvalue weighted by Gasteiger charge is -1.97. The Morgan fingerprint density at radius 1 is 1.31 bits per heavy atom. The maximum Gasteiger partial charge on any atom is 0.249 e. The first-order valence-corrected chi connectivity index (χ1v) is 4.64. The van der Waals surface area contributed by atoms with Crippen LogP contribution >= 0.6 is 0 Å². The lowest BCUT2D eigenvalue weighted by molar-refractivity contribution is -0.446. The van der Waals surface area contributed by atoms with Crippen molar-refractivity contribution in [3.8, 4) is 0 Å². The lowest BCUT2D eigenvalue weighted by Crippen LogP contribution is -2.54. The van der Waals surface area contributed by atoms with Crippen molar-refractivity contribution in [1.82, 2.24) is 0 Å². The van der Waals surface area contributed by atoms with Gasteiger partial charge in [0.2, 0.25) is 10.0 Å². The summed E-state index contributed by atoms with van der Waals surface area (Å²) in [4.78, 5) is -0.159. The predicted octanol–water partition coefficient (Wildman–Crippen LogP) is 0.0144. The molecule has 0 saturated carbocycles. The van der Waals surface area contributed by atoms with Crippen LogP contribution in [0.2, 0.25) is 0 Å². The van der Waals surface area contributed by atoms with Crippen molar-refractivity contribution < 1.29 is 18.0 Å². The molecule has 1 aromatic carbocycles. The van der Waals surface area contributed by atoms with E-state index < -0.39 is 15.8 Å². The SMILES string of the molecule is [NH-][NH+]=NS(=O)(=O)c1ccc(F)cc1. The largest absolute Gasteiger partial charge is 0.249 e. The third-order valence-electron chi connectivity index (χ3n) is 1.28. The Balaban J connectivity index is 3.17. The zero-order valence-electron chi connectivity index (χ0n) is 6.36. The van der Waals surface area contributed by atoms with E-state index in [2.05, 4.69) is 4.52 Å². The quantitative estimate of drug-likeness (QED) is 0.542. The number of rotatable bonds is 2. The summed E-state index contributed by atoms with van der Waals surface area (Å²) in [5.74, 6) is 5.85. The molecule has 0 aliphatic heterocycles. The molecule has 13 heavy (non-hydrogen) atoms. The standard InChI is InChI=1S/C6H6FN3O2S/c7-5-1-3-6(4-2-5)13(11,12)10-9-8/h1-4,9H,(H-,8,10). The molecule has 0 aromatic heterocycles. The van der Waals surface area contributed by atoms with Gasteiger partial charge in [-0.05, 0) is 24.3 Å². The van der Waals surface area contributed by atoms with Crippen LogP contribution in [0.1, 0.15) is 0 Å². The van der Waals surface area contributed by atoms with Gasteiger partial charge in [0, 0.05) is 0 Å². The van der Waals surface area contributed by atoms with E-state index in [1.165, 1.54) is 5.22 Å². The molecule has 1 rings (SSSR count). The average molecular weight is 203 g/mol. The molecule has 0 aliphatic carbocycles. The first kappa shape index (κ1) is 9.59. The molecule has 0 heterocycles. The minimum Gasteiger partial charge on any atom is -0.236 e. The molecule has 0 fully saturated rings. The van der Waals surface area contributed by atoms with E-state index in [-0.39, 0.29) is 4.90 Å². The van der Waals surface area contributed by atoms with Gasteiger partial charge >= 0.3 is 0 Å². The average Bonchev–Trinajstić information content (AvgIpc) is 2.05. The van der Waals surface area contributed by atoms with Gasteiger partial charge in [-0.15, -0.1) is 0 Å². The Kier molecular flexibility index (Phi) is 2.57. The molecular weight excluding hydrogens is 197 g/mol. The normalized spacial score (nSPS) is 12.1. The van der Waals surface area contributed by atoms with Crippen molar-refractivity contribution in [3.63, 3.8) is 0 Å².